The number of benzene rings is 1. The van der Waals surface area contributed by atoms with Gasteiger partial charge in [-0.3, -0.25) is 14.5 Å². The Morgan fingerprint density at radius 2 is 1.85 bits per heavy atom. The molecule has 2 N–H and O–H groups in total. The van der Waals surface area contributed by atoms with E-state index in [0.29, 0.717) is 23.4 Å². The second kappa shape index (κ2) is 4.76. The van der Waals surface area contributed by atoms with Crippen LogP contribution in [0.2, 0.25) is 0 Å². The van der Waals surface area contributed by atoms with Crippen molar-refractivity contribution in [1.82, 2.24) is 4.90 Å². The Balaban J connectivity index is 1.92. The third-order valence-electron chi connectivity index (χ3n) is 3.41. The normalized spacial score (nSPS) is 13.9. The number of rotatable bonds is 3. The Morgan fingerprint density at radius 1 is 1.10 bits per heavy atom. The molecule has 0 fully saturated rings. The zero-order valence-corrected chi connectivity index (χ0v) is 11.9. The molecule has 0 bridgehead atoms. The number of imide groups is 1. The Kier molecular flexibility index (Phi) is 3.06. The quantitative estimate of drug-likeness (QED) is 0.697. The summed E-state index contributed by atoms with van der Waals surface area (Å²) in [4.78, 5) is 28.2. The van der Waals surface area contributed by atoms with E-state index in [1.807, 2.05) is 12.1 Å². The molecule has 2 amide bonds. The van der Waals surface area contributed by atoms with Crippen molar-refractivity contribution in [3.8, 4) is 0 Å². The van der Waals surface area contributed by atoms with E-state index in [0.717, 1.165) is 11.3 Å². The van der Waals surface area contributed by atoms with Crippen molar-refractivity contribution in [3.63, 3.8) is 0 Å². The number of fused-ring (bicyclic) bond motifs is 1. The number of amides is 2. The van der Waals surface area contributed by atoms with Gasteiger partial charge in [0.25, 0.3) is 11.8 Å². The van der Waals surface area contributed by atoms with Crippen LogP contribution in [0.15, 0.2) is 30.3 Å². The minimum Gasteiger partial charge on any atom is -0.398 e. The van der Waals surface area contributed by atoms with Crippen molar-refractivity contribution in [2.24, 2.45) is 0 Å². The van der Waals surface area contributed by atoms with Crippen LogP contribution in [0.25, 0.3) is 0 Å². The van der Waals surface area contributed by atoms with Crippen LogP contribution in [0, 0.1) is 0 Å². The minimum atomic E-state index is -0.297. The van der Waals surface area contributed by atoms with Crippen molar-refractivity contribution in [1.29, 1.82) is 0 Å². The lowest BCUT2D eigenvalue weighted by Crippen LogP contribution is -2.28. The monoisotopic (exact) mass is 286 g/mol. The number of aryl methyl sites for hydroxylation is 1. The van der Waals surface area contributed by atoms with Crippen molar-refractivity contribution in [2.45, 2.75) is 19.9 Å². The van der Waals surface area contributed by atoms with Gasteiger partial charge in [-0.25, -0.2) is 0 Å². The van der Waals surface area contributed by atoms with Gasteiger partial charge in [0.05, 0.1) is 17.7 Å². The van der Waals surface area contributed by atoms with Gasteiger partial charge in [-0.05, 0) is 30.7 Å². The summed E-state index contributed by atoms with van der Waals surface area (Å²) in [6.07, 6.45) is 0.958. The molecule has 2 heterocycles. The van der Waals surface area contributed by atoms with Gasteiger partial charge in [-0.15, -0.1) is 11.3 Å². The minimum absolute atomic E-state index is 0.260. The predicted molar refractivity (Wildman–Crippen MR) is 78.8 cm³/mol. The molecular formula is C15H14N2O2S. The molecule has 0 saturated carbocycles. The summed E-state index contributed by atoms with van der Waals surface area (Å²) < 4.78 is 0. The first-order valence-electron chi connectivity index (χ1n) is 6.44. The van der Waals surface area contributed by atoms with Crippen LogP contribution in [0.4, 0.5) is 5.69 Å². The van der Waals surface area contributed by atoms with Crippen LogP contribution in [-0.2, 0) is 13.0 Å². The third-order valence-corrected chi connectivity index (χ3v) is 4.63. The SMILES string of the molecule is CCc1ccc(CN2C(=O)c3cccc(N)c3C2=O)s1. The highest BCUT2D eigenvalue weighted by atomic mass is 32.1. The topological polar surface area (TPSA) is 63.4 Å². The molecule has 1 aliphatic rings. The fourth-order valence-corrected chi connectivity index (χ4v) is 3.30. The molecule has 5 heteroatoms. The van der Waals surface area contributed by atoms with Gasteiger partial charge in [0.15, 0.2) is 0 Å². The average Bonchev–Trinajstić information content (AvgIpc) is 2.99. The van der Waals surface area contributed by atoms with Gasteiger partial charge >= 0.3 is 0 Å². The van der Waals surface area contributed by atoms with E-state index in [2.05, 4.69) is 6.92 Å². The van der Waals surface area contributed by atoms with Gasteiger partial charge in [0.1, 0.15) is 0 Å². The number of anilines is 1. The molecule has 2 aromatic rings. The van der Waals surface area contributed by atoms with E-state index in [1.165, 1.54) is 9.78 Å². The first-order valence-corrected chi connectivity index (χ1v) is 7.25. The van der Waals surface area contributed by atoms with E-state index in [9.17, 15) is 9.59 Å². The van der Waals surface area contributed by atoms with Gasteiger partial charge in [0.2, 0.25) is 0 Å². The number of carbonyl (C=O) groups is 2. The third kappa shape index (κ3) is 1.91. The molecule has 4 nitrogen and oxygen atoms in total. The lowest BCUT2D eigenvalue weighted by Gasteiger charge is -2.12. The van der Waals surface area contributed by atoms with Crippen LogP contribution in [-0.4, -0.2) is 16.7 Å². The van der Waals surface area contributed by atoms with Crippen molar-refractivity contribution in [2.75, 3.05) is 5.73 Å². The molecule has 102 valence electrons. The lowest BCUT2D eigenvalue weighted by molar-refractivity contribution is 0.0644. The Bertz CT molecular complexity index is 706. The maximum absolute atomic E-state index is 12.3. The molecule has 1 aromatic heterocycles. The summed E-state index contributed by atoms with van der Waals surface area (Å²) in [6.45, 7) is 2.40. The zero-order valence-electron chi connectivity index (χ0n) is 11.1. The average molecular weight is 286 g/mol. The molecule has 0 radical (unpaired) electrons. The standard InChI is InChI=1S/C15H14N2O2S/c1-2-9-6-7-10(20-9)8-17-14(18)11-4-3-5-12(16)13(11)15(17)19/h3-7H,2,8,16H2,1H3. The number of nitrogens with two attached hydrogens (primary N) is 1. The summed E-state index contributed by atoms with van der Waals surface area (Å²) in [5.74, 6) is -0.557. The van der Waals surface area contributed by atoms with Crippen molar-refractivity contribution in [3.05, 3.63) is 51.2 Å². The van der Waals surface area contributed by atoms with Crippen LogP contribution >= 0.6 is 11.3 Å². The van der Waals surface area contributed by atoms with E-state index in [-0.39, 0.29) is 11.8 Å². The van der Waals surface area contributed by atoms with E-state index < -0.39 is 0 Å². The maximum Gasteiger partial charge on any atom is 0.263 e. The molecule has 1 aromatic carbocycles. The maximum atomic E-state index is 12.3. The van der Waals surface area contributed by atoms with Crippen molar-refractivity contribution < 1.29 is 9.59 Å². The molecule has 1 aliphatic heterocycles. The van der Waals surface area contributed by atoms with Gasteiger partial charge < -0.3 is 5.73 Å². The molecule has 0 aliphatic carbocycles. The smallest absolute Gasteiger partial charge is 0.263 e. The molecule has 0 spiro atoms. The van der Waals surface area contributed by atoms with E-state index in [1.54, 1.807) is 29.5 Å². The second-order valence-corrected chi connectivity index (χ2v) is 5.94. The highest BCUT2D eigenvalue weighted by Gasteiger charge is 2.37. The molecular weight excluding hydrogens is 272 g/mol. The summed E-state index contributed by atoms with van der Waals surface area (Å²) >= 11 is 1.63. The second-order valence-electron chi connectivity index (χ2n) is 4.69. The number of hydrogen-bond donors (Lipinski definition) is 1. The Hall–Kier alpha value is -2.14. The predicted octanol–water partition coefficient (Wildman–Crippen LogP) is 2.69. The highest BCUT2D eigenvalue weighted by molar-refractivity contribution is 7.12. The van der Waals surface area contributed by atoms with Crippen LogP contribution in [0.1, 0.15) is 37.4 Å². The first kappa shape index (κ1) is 12.9. The summed E-state index contributed by atoms with van der Waals surface area (Å²) in [7, 11) is 0. The fourth-order valence-electron chi connectivity index (χ4n) is 2.36. The molecule has 0 atom stereocenters. The summed E-state index contributed by atoms with van der Waals surface area (Å²) in [5, 5.41) is 0. The summed E-state index contributed by atoms with van der Waals surface area (Å²) in [5.41, 5.74) is 6.92. The number of hydrogen-bond acceptors (Lipinski definition) is 4. The number of nitrogen functional groups attached to an aromatic ring is 1. The molecule has 3 rings (SSSR count). The number of nitrogens with zero attached hydrogens (tertiary/aromatic N) is 1. The zero-order chi connectivity index (χ0) is 14.3. The molecule has 0 saturated heterocycles. The first-order chi connectivity index (χ1) is 9.61. The largest absolute Gasteiger partial charge is 0.398 e. The highest BCUT2D eigenvalue weighted by Crippen LogP contribution is 2.30. The molecule has 20 heavy (non-hydrogen) atoms. The fraction of sp³-hybridized carbons (Fsp3) is 0.200. The van der Waals surface area contributed by atoms with E-state index >= 15 is 0 Å². The van der Waals surface area contributed by atoms with Gasteiger partial charge in [-0.2, -0.15) is 0 Å². The number of thiophene rings is 1. The van der Waals surface area contributed by atoms with Crippen LogP contribution < -0.4 is 5.73 Å². The summed E-state index contributed by atoms with van der Waals surface area (Å²) in [6, 6.07) is 9.00. The van der Waals surface area contributed by atoms with Crippen LogP contribution in [0.3, 0.4) is 0 Å². The van der Waals surface area contributed by atoms with Gasteiger partial charge in [0, 0.05) is 15.4 Å². The Labute approximate surface area is 120 Å². The molecule has 0 unspecified atom stereocenters. The van der Waals surface area contributed by atoms with Crippen LogP contribution in [0.5, 0.6) is 0 Å². The lowest BCUT2D eigenvalue weighted by atomic mass is 10.1. The number of carbonyl (C=O) groups excluding carboxylic acids is 2. The Morgan fingerprint density at radius 3 is 2.50 bits per heavy atom. The van der Waals surface area contributed by atoms with E-state index in [4.69, 9.17) is 5.73 Å². The van der Waals surface area contributed by atoms with Gasteiger partial charge in [-0.1, -0.05) is 13.0 Å². The van der Waals surface area contributed by atoms with Crippen molar-refractivity contribution >= 4 is 28.8 Å².